The average Bonchev–Trinajstić information content (AvgIpc) is 2.48. The lowest BCUT2D eigenvalue weighted by Gasteiger charge is -2.22. The fourth-order valence-electron chi connectivity index (χ4n) is 2.07. The van der Waals surface area contributed by atoms with Crippen molar-refractivity contribution in [3.8, 4) is 0 Å². The van der Waals surface area contributed by atoms with Crippen LogP contribution in [0.2, 0.25) is 0 Å². The Balaban J connectivity index is 2.09. The average molecular weight is 298 g/mol. The first-order valence-corrected chi connectivity index (χ1v) is 7.96. The lowest BCUT2D eigenvalue weighted by Crippen LogP contribution is -2.33. The number of oxime groups is 1. The first-order valence-electron chi connectivity index (χ1n) is 6.41. The van der Waals surface area contributed by atoms with Crippen molar-refractivity contribution in [2.75, 3.05) is 17.9 Å². The Morgan fingerprint density at radius 3 is 2.45 bits per heavy atom. The van der Waals surface area contributed by atoms with Gasteiger partial charge < -0.3 is 9.94 Å². The first-order chi connectivity index (χ1) is 9.53. The molecule has 1 aliphatic rings. The third kappa shape index (κ3) is 3.49. The van der Waals surface area contributed by atoms with Crippen molar-refractivity contribution in [3.63, 3.8) is 0 Å². The van der Waals surface area contributed by atoms with Gasteiger partial charge in [-0.15, -0.1) is 0 Å². The Morgan fingerprint density at radius 2 is 1.90 bits per heavy atom. The normalized spacial score (nSPS) is 17.9. The molecule has 20 heavy (non-hydrogen) atoms. The summed E-state index contributed by atoms with van der Waals surface area (Å²) in [4.78, 5) is 0. The summed E-state index contributed by atoms with van der Waals surface area (Å²) in [7, 11) is -3.38. The molecule has 0 atom stereocenters. The van der Waals surface area contributed by atoms with Crippen LogP contribution in [0, 0.1) is 0 Å². The molecule has 1 aromatic carbocycles. The molecule has 0 spiro atoms. The van der Waals surface area contributed by atoms with Crippen molar-refractivity contribution >= 4 is 21.4 Å². The van der Waals surface area contributed by atoms with E-state index in [1.807, 2.05) is 0 Å². The molecule has 1 fully saturated rings. The van der Waals surface area contributed by atoms with Gasteiger partial charge in [0, 0.05) is 18.9 Å². The zero-order valence-corrected chi connectivity index (χ0v) is 12.1. The fraction of sp³-hybridized carbons (Fsp3) is 0.462. The van der Waals surface area contributed by atoms with E-state index < -0.39 is 15.3 Å². The van der Waals surface area contributed by atoms with E-state index in [1.165, 1.54) is 0 Å². The highest BCUT2D eigenvalue weighted by atomic mass is 32.2. The number of benzene rings is 1. The van der Waals surface area contributed by atoms with Crippen molar-refractivity contribution < 1.29 is 18.4 Å². The molecule has 0 amide bonds. The van der Waals surface area contributed by atoms with E-state index in [0.717, 1.165) is 5.56 Å². The predicted octanol–water partition coefficient (Wildman–Crippen LogP) is 1.81. The lowest BCUT2D eigenvalue weighted by atomic mass is 10.1. The van der Waals surface area contributed by atoms with Crippen LogP contribution in [0.5, 0.6) is 0 Å². The number of hydrogen-bond donors (Lipinski definition) is 2. The molecular formula is C13H18N2O4S. The van der Waals surface area contributed by atoms with Crippen LogP contribution < -0.4 is 4.72 Å². The Labute approximate surface area is 118 Å². The van der Waals surface area contributed by atoms with E-state index in [1.54, 1.807) is 31.2 Å². The van der Waals surface area contributed by atoms with Crippen LogP contribution in [0.4, 0.5) is 5.69 Å². The largest absolute Gasteiger partial charge is 0.411 e. The van der Waals surface area contributed by atoms with E-state index >= 15 is 0 Å². The maximum Gasteiger partial charge on any atom is 0.235 e. The SMILES string of the molecule is CC(=NO)c1ccc(NS(=O)(=O)C2CCOCC2)cc1. The molecule has 1 saturated heterocycles. The second kappa shape index (κ2) is 6.23. The van der Waals surface area contributed by atoms with Gasteiger partial charge in [0.2, 0.25) is 10.0 Å². The summed E-state index contributed by atoms with van der Waals surface area (Å²) in [5.41, 5.74) is 1.72. The van der Waals surface area contributed by atoms with Crippen molar-refractivity contribution in [2.45, 2.75) is 25.0 Å². The number of nitrogens with zero attached hydrogens (tertiary/aromatic N) is 1. The van der Waals surface area contributed by atoms with Gasteiger partial charge in [-0.05, 0) is 37.5 Å². The third-order valence-corrected chi connectivity index (χ3v) is 5.19. The summed E-state index contributed by atoms with van der Waals surface area (Å²) >= 11 is 0. The van der Waals surface area contributed by atoms with Crippen molar-refractivity contribution in [3.05, 3.63) is 29.8 Å². The second-order valence-electron chi connectivity index (χ2n) is 4.72. The zero-order chi connectivity index (χ0) is 14.6. The first kappa shape index (κ1) is 14.8. The summed E-state index contributed by atoms with van der Waals surface area (Å²) in [5.74, 6) is 0. The van der Waals surface area contributed by atoms with Crippen LogP contribution in [0.3, 0.4) is 0 Å². The highest BCUT2D eigenvalue weighted by Crippen LogP contribution is 2.19. The highest BCUT2D eigenvalue weighted by Gasteiger charge is 2.27. The maximum absolute atomic E-state index is 12.2. The predicted molar refractivity (Wildman–Crippen MR) is 76.8 cm³/mol. The van der Waals surface area contributed by atoms with Gasteiger partial charge >= 0.3 is 0 Å². The summed E-state index contributed by atoms with van der Waals surface area (Å²) in [6.07, 6.45) is 1.04. The van der Waals surface area contributed by atoms with E-state index in [2.05, 4.69) is 9.88 Å². The lowest BCUT2D eigenvalue weighted by molar-refractivity contribution is 0.0984. The van der Waals surface area contributed by atoms with Gasteiger partial charge in [0.15, 0.2) is 0 Å². The van der Waals surface area contributed by atoms with Crippen LogP contribution in [0.25, 0.3) is 0 Å². The number of hydrogen-bond acceptors (Lipinski definition) is 5. The molecule has 2 rings (SSSR count). The minimum Gasteiger partial charge on any atom is -0.411 e. The highest BCUT2D eigenvalue weighted by molar-refractivity contribution is 7.93. The molecule has 7 heteroatoms. The van der Waals surface area contributed by atoms with Crippen LogP contribution in [-0.4, -0.2) is 37.8 Å². The van der Waals surface area contributed by atoms with Gasteiger partial charge in [-0.3, -0.25) is 4.72 Å². The fourth-order valence-corrected chi connectivity index (χ4v) is 3.52. The molecule has 2 N–H and O–H groups in total. The summed E-state index contributed by atoms with van der Waals surface area (Å²) in [6.45, 7) is 2.63. The molecule has 0 bridgehead atoms. The Morgan fingerprint density at radius 1 is 1.30 bits per heavy atom. The number of ether oxygens (including phenoxy) is 1. The third-order valence-electron chi connectivity index (χ3n) is 3.32. The monoisotopic (exact) mass is 298 g/mol. The van der Waals surface area contributed by atoms with Crippen LogP contribution >= 0.6 is 0 Å². The standard InChI is InChI=1S/C13H18N2O4S/c1-10(14-16)11-2-4-12(5-3-11)15-20(17,18)13-6-8-19-9-7-13/h2-5,13,15-16H,6-9H2,1H3. The molecule has 1 heterocycles. The van der Waals surface area contributed by atoms with E-state index in [-0.39, 0.29) is 0 Å². The number of anilines is 1. The molecule has 0 aromatic heterocycles. The van der Waals surface area contributed by atoms with Gasteiger partial charge in [-0.25, -0.2) is 8.42 Å². The zero-order valence-electron chi connectivity index (χ0n) is 11.2. The Hall–Kier alpha value is -1.60. The van der Waals surface area contributed by atoms with Crippen molar-refractivity contribution in [1.82, 2.24) is 0 Å². The van der Waals surface area contributed by atoms with E-state index in [0.29, 0.717) is 37.5 Å². The van der Waals surface area contributed by atoms with Gasteiger partial charge in [0.1, 0.15) is 0 Å². The molecule has 1 aliphatic heterocycles. The minimum atomic E-state index is -3.38. The van der Waals surface area contributed by atoms with Crippen LogP contribution in [0.15, 0.2) is 29.4 Å². The maximum atomic E-state index is 12.2. The summed E-state index contributed by atoms with van der Waals surface area (Å²) < 4.78 is 32.2. The van der Waals surface area contributed by atoms with Crippen LogP contribution in [-0.2, 0) is 14.8 Å². The van der Waals surface area contributed by atoms with Gasteiger partial charge in [-0.2, -0.15) is 0 Å². The molecule has 1 aromatic rings. The minimum absolute atomic E-state index is 0.406. The van der Waals surface area contributed by atoms with Gasteiger partial charge in [-0.1, -0.05) is 17.3 Å². The van der Waals surface area contributed by atoms with E-state index in [9.17, 15) is 8.42 Å². The number of nitrogens with one attached hydrogen (secondary N) is 1. The molecule has 0 saturated carbocycles. The second-order valence-corrected chi connectivity index (χ2v) is 6.68. The number of sulfonamides is 1. The molecule has 0 radical (unpaired) electrons. The Bertz CT molecular complexity index is 575. The van der Waals surface area contributed by atoms with Crippen molar-refractivity contribution in [1.29, 1.82) is 0 Å². The molecule has 110 valence electrons. The number of rotatable bonds is 4. The molecule has 6 nitrogen and oxygen atoms in total. The van der Waals surface area contributed by atoms with E-state index in [4.69, 9.17) is 9.94 Å². The van der Waals surface area contributed by atoms with Crippen molar-refractivity contribution in [2.24, 2.45) is 5.16 Å². The Kier molecular flexibility index (Phi) is 4.61. The molecular weight excluding hydrogens is 280 g/mol. The quantitative estimate of drug-likeness (QED) is 0.504. The summed E-state index contributed by atoms with van der Waals surface area (Å²) in [6, 6.07) is 6.72. The molecule has 0 aliphatic carbocycles. The topological polar surface area (TPSA) is 88.0 Å². The molecule has 0 unspecified atom stereocenters. The smallest absolute Gasteiger partial charge is 0.235 e. The summed E-state index contributed by atoms with van der Waals surface area (Å²) in [5, 5.41) is 11.4. The van der Waals surface area contributed by atoms with Crippen LogP contribution in [0.1, 0.15) is 25.3 Å². The van der Waals surface area contributed by atoms with Gasteiger partial charge in [0.05, 0.1) is 11.0 Å². The van der Waals surface area contributed by atoms with Gasteiger partial charge in [0.25, 0.3) is 0 Å².